The SMILES string of the molecule is Cc1cc(NC(=O)c2cc(Br)ccc2C)ccc1Br. The van der Waals surface area contributed by atoms with Crippen LogP contribution in [0.25, 0.3) is 0 Å². The zero-order valence-electron chi connectivity index (χ0n) is 10.6. The molecule has 0 radical (unpaired) electrons. The molecule has 0 saturated carbocycles. The normalized spacial score (nSPS) is 10.3. The van der Waals surface area contributed by atoms with E-state index in [1.165, 1.54) is 0 Å². The van der Waals surface area contributed by atoms with Crippen LogP contribution in [0.15, 0.2) is 45.3 Å². The lowest BCUT2D eigenvalue weighted by Gasteiger charge is -2.09. The summed E-state index contributed by atoms with van der Waals surface area (Å²) in [4.78, 5) is 12.2. The maximum atomic E-state index is 12.2. The van der Waals surface area contributed by atoms with Crippen molar-refractivity contribution in [3.8, 4) is 0 Å². The van der Waals surface area contributed by atoms with Crippen LogP contribution in [-0.2, 0) is 0 Å². The third kappa shape index (κ3) is 3.45. The minimum atomic E-state index is -0.0967. The van der Waals surface area contributed by atoms with E-state index in [1.807, 2.05) is 50.2 Å². The molecule has 1 amide bonds. The van der Waals surface area contributed by atoms with Crippen molar-refractivity contribution in [2.24, 2.45) is 0 Å². The third-order valence-corrected chi connectivity index (χ3v) is 4.24. The zero-order valence-corrected chi connectivity index (χ0v) is 13.8. The van der Waals surface area contributed by atoms with Gasteiger partial charge in [0, 0.05) is 20.2 Å². The van der Waals surface area contributed by atoms with Gasteiger partial charge in [0.25, 0.3) is 5.91 Å². The molecule has 4 heteroatoms. The molecule has 0 spiro atoms. The molecule has 1 N–H and O–H groups in total. The van der Waals surface area contributed by atoms with Gasteiger partial charge in [-0.2, -0.15) is 0 Å². The summed E-state index contributed by atoms with van der Waals surface area (Å²) in [7, 11) is 0. The minimum absolute atomic E-state index is 0.0967. The van der Waals surface area contributed by atoms with Gasteiger partial charge >= 0.3 is 0 Å². The fraction of sp³-hybridized carbons (Fsp3) is 0.133. The van der Waals surface area contributed by atoms with Gasteiger partial charge in [0.05, 0.1) is 0 Å². The highest BCUT2D eigenvalue weighted by atomic mass is 79.9. The molecule has 2 aromatic carbocycles. The van der Waals surface area contributed by atoms with E-state index in [9.17, 15) is 4.79 Å². The van der Waals surface area contributed by atoms with Crippen LogP contribution in [0.5, 0.6) is 0 Å². The average molecular weight is 383 g/mol. The number of nitrogens with one attached hydrogen (secondary N) is 1. The number of rotatable bonds is 2. The van der Waals surface area contributed by atoms with Gasteiger partial charge in [0.2, 0.25) is 0 Å². The second kappa shape index (κ2) is 5.88. The first-order valence-electron chi connectivity index (χ1n) is 5.81. The number of halogens is 2. The van der Waals surface area contributed by atoms with Gasteiger partial charge in [-0.25, -0.2) is 0 Å². The summed E-state index contributed by atoms with van der Waals surface area (Å²) < 4.78 is 1.93. The van der Waals surface area contributed by atoms with E-state index in [4.69, 9.17) is 0 Å². The number of amides is 1. The Morgan fingerprint density at radius 1 is 1.00 bits per heavy atom. The van der Waals surface area contributed by atoms with E-state index in [2.05, 4.69) is 37.2 Å². The molecule has 0 atom stereocenters. The Balaban J connectivity index is 2.25. The molecule has 0 saturated heterocycles. The lowest BCUT2D eigenvalue weighted by molar-refractivity contribution is 0.102. The second-order valence-electron chi connectivity index (χ2n) is 4.38. The van der Waals surface area contributed by atoms with Gasteiger partial charge in [-0.05, 0) is 55.3 Å². The molecule has 0 unspecified atom stereocenters. The highest BCUT2D eigenvalue weighted by Crippen LogP contribution is 2.22. The summed E-state index contributed by atoms with van der Waals surface area (Å²) in [5.74, 6) is -0.0967. The number of hydrogen-bond donors (Lipinski definition) is 1. The monoisotopic (exact) mass is 381 g/mol. The summed E-state index contributed by atoms with van der Waals surface area (Å²) in [5, 5.41) is 2.91. The van der Waals surface area contributed by atoms with E-state index in [0.717, 1.165) is 25.8 Å². The predicted octanol–water partition coefficient (Wildman–Crippen LogP) is 5.08. The topological polar surface area (TPSA) is 29.1 Å². The summed E-state index contributed by atoms with van der Waals surface area (Å²) in [6.45, 7) is 3.91. The summed E-state index contributed by atoms with van der Waals surface area (Å²) >= 11 is 6.83. The van der Waals surface area contributed by atoms with Crippen LogP contribution < -0.4 is 5.32 Å². The first kappa shape index (κ1) is 14.3. The van der Waals surface area contributed by atoms with Crippen molar-refractivity contribution in [3.63, 3.8) is 0 Å². The van der Waals surface area contributed by atoms with Crippen LogP contribution in [-0.4, -0.2) is 5.91 Å². The summed E-state index contributed by atoms with van der Waals surface area (Å²) in [5.41, 5.74) is 3.51. The van der Waals surface area contributed by atoms with Gasteiger partial charge in [-0.15, -0.1) is 0 Å². The Hall–Kier alpha value is -1.13. The van der Waals surface area contributed by atoms with Crippen LogP contribution in [0.1, 0.15) is 21.5 Å². The standard InChI is InChI=1S/C15H13Br2NO/c1-9-3-4-11(16)8-13(9)15(19)18-12-5-6-14(17)10(2)7-12/h3-8H,1-2H3,(H,18,19). The van der Waals surface area contributed by atoms with E-state index in [-0.39, 0.29) is 5.91 Å². The smallest absolute Gasteiger partial charge is 0.255 e. The maximum Gasteiger partial charge on any atom is 0.255 e. The minimum Gasteiger partial charge on any atom is -0.322 e. The summed E-state index contributed by atoms with van der Waals surface area (Å²) in [6.07, 6.45) is 0. The van der Waals surface area contributed by atoms with Crippen molar-refractivity contribution in [1.82, 2.24) is 0 Å². The fourth-order valence-electron chi connectivity index (χ4n) is 1.76. The molecule has 0 bridgehead atoms. The van der Waals surface area contributed by atoms with Crippen molar-refractivity contribution >= 4 is 43.5 Å². The summed E-state index contributed by atoms with van der Waals surface area (Å²) in [6, 6.07) is 11.4. The quantitative estimate of drug-likeness (QED) is 0.770. The Labute approximate surface area is 129 Å². The van der Waals surface area contributed by atoms with Gasteiger partial charge in [-0.3, -0.25) is 4.79 Å². The number of aryl methyl sites for hydroxylation is 2. The van der Waals surface area contributed by atoms with E-state index in [0.29, 0.717) is 5.56 Å². The molecule has 2 aromatic rings. The molecule has 0 fully saturated rings. The molecular weight excluding hydrogens is 370 g/mol. The maximum absolute atomic E-state index is 12.2. The van der Waals surface area contributed by atoms with Crippen molar-refractivity contribution in [2.45, 2.75) is 13.8 Å². The van der Waals surface area contributed by atoms with Gasteiger partial charge in [-0.1, -0.05) is 37.9 Å². The molecule has 0 aliphatic carbocycles. The predicted molar refractivity (Wildman–Crippen MR) is 85.7 cm³/mol. The number of hydrogen-bond acceptors (Lipinski definition) is 1. The van der Waals surface area contributed by atoms with Crippen LogP contribution in [0.3, 0.4) is 0 Å². The molecule has 2 rings (SSSR count). The first-order chi connectivity index (χ1) is 8.97. The van der Waals surface area contributed by atoms with Crippen molar-refractivity contribution in [3.05, 3.63) is 62.0 Å². The van der Waals surface area contributed by atoms with Gasteiger partial charge in [0.1, 0.15) is 0 Å². The molecule has 0 aliphatic heterocycles. The highest BCUT2D eigenvalue weighted by molar-refractivity contribution is 9.10. The Kier molecular flexibility index (Phi) is 4.42. The van der Waals surface area contributed by atoms with Crippen LogP contribution in [0.2, 0.25) is 0 Å². The average Bonchev–Trinajstić information content (AvgIpc) is 2.36. The zero-order chi connectivity index (χ0) is 14.0. The van der Waals surface area contributed by atoms with E-state index >= 15 is 0 Å². The lowest BCUT2D eigenvalue weighted by Crippen LogP contribution is -2.13. The molecule has 0 aliphatic rings. The van der Waals surface area contributed by atoms with Crippen LogP contribution in [0, 0.1) is 13.8 Å². The van der Waals surface area contributed by atoms with Crippen molar-refractivity contribution in [1.29, 1.82) is 0 Å². The number of benzene rings is 2. The Morgan fingerprint density at radius 2 is 1.74 bits per heavy atom. The Morgan fingerprint density at radius 3 is 2.42 bits per heavy atom. The lowest BCUT2D eigenvalue weighted by atomic mass is 10.1. The molecule has 98 valence electrons. The molecule has 0 heterocycles. The van der Waals surface area contributed by atoms with E-state index < -0.39 is 0 Å². The highest BCUT2D eigenvalue weighted by Gasteiger charge is 2.10. The van der Waals surface area contributed by atoms with Gasteiger partial charge in [0.15, 0.2) is 0 Å². The largest absolute Gasteiger partial charge is 0.322 e. The number of carbonyl (C=O) groups is 1. The van der Waals surface area contributed by atoms with Crippen molar-refractivity contribution in [2.75, 3.05) is 5.32 Å². The van der Waals surface area contributed by atoms with Crippen LogP contribution >= 0.6 is 31.9 Å². The first-order valence-corrected chi connectivity index (χ1v) is 7.39. The van der Waals surface area contributed by atoms with Crippen molar-refractivity contribution < 1.29 is 4.79 Å². The van der Waals surface area contributed by atoms with Crippen LogP contribution in [0.4, 0.5) is 5.69 Å². The fourth-order valence-corrected chi connectivity index (χ4v) is 2.37. The second-order valence-corrected chi connectivity index (χ2v) is 6.15. The number of carbonyl (C=O) groups excluding carboxylic acids is 1. The number of anilines is 1. The Bertz CT molecular complexity index is 638. The van der Waals surface area contributed by atoms with E-state index in [1.54, 1.807) is 0 Å². The third-order valence-electron chi connectivity index (χ3n) is 2.86. The molecule has 19 heavy (non-hydrogen) atoms. The molecule has 0 aromatic heterocycles. The molecular formula is C15H13Br2NO. The molecule has 2 nitrogen and oxygen atoms in total. The van der Waals surface area contributed by atoms with Gasteiger partial charge < -0.3 is 5.32 Å².